The molecule has 1 heterocycles. The van der Waals surface area contributed by atoms with Crippen molar-refractivity contribution in [2.45, 2.75) is 19.9 Å². The SMILES string of the molecule is CC(C)[C@H](NC(=O)c1ccco1)C(=O)N(C)CCOc1ccccc1F. The number of nitrogens with zero attached hydrogens (tertiary/aromatic N) is 1. The third-order valence-electron chi connectivity index (χ3n) is 3.86. The Hall–Kier alpha value is -2.83. The molecule has 1 N–H and O–H groups in total. The summed E-state index contributed by atoms with van der Waals surface area (Å²) in [6.07, 6.45) is 1.40. The van der Waals surface area contributed by atoms with Crippen molar-refractivity contribution < 1.29 is 23.1 Å². The van der Waals surface area contributed by atoms with E-state index in [1.54, 1.807) is 25.2 Å². The lowest BCUT2D eigenvalue weighted by Crippen LogP contribution is -2.50. The lowest BCUT2D eigenvalue weighted by Gasteiger charge is -2.26. The van der Waals surface area contributed by atoms with Gasteiger partial charge in [-0.05, 0) is 30.2 Å². The van der Waals surface area contributed by atoms with Crippen molar-refractivity contribution in [2.75, 3.05) is 20.2 Å². The Labute approximate surface area is 151 Å². The van der Waals surface area contributed by atoms with Crippen molar-refractivity contribution >= 4 is 11.8 Å². The molecule has 0 aliphatic carbocycles. The Bertz CT molecular complexity index is 731. The second kappa shape index (κ2) is 9.03. The molecule has 0 saturated heterocycles. The van der Waals surface area contributed by atoms with E-state index in [0.717, 1.165) is 0 Å². The largest absolute Gasteiger partial charge is 0.489 e. The predicted octanol–water partition coefficient (Wildman–Crippen LogP) is 2.71. The summed E-state index contributed by atoms with van der Waals surface area (Å²) in [6.45, 7) is 4.08. The van der Waals surface area contributed by atoms with Crippen molar-refractivity contribution in [1.82, 2.24) is 10.2 Å². The van der Waals surface area contributed by atoms with Gasteiger partial charge in [0.05, 0.1) is 12.8 Å². The van der Waals surface area contributed by atoms with E-state index in [9.17, 15) is 14.0 Å². The first kappa shape index (κ1) is 19.5. The molecule has 2 aromatic rings. The molecule has 0 fully saturated rings. The summed E-state index contributed by atoms with van der Waals surface area (Å²) in [5.41, 5.74) is 0. The van der Waals surface area contributed by atoms with Gasteiger partial charge in [0.15, 0.2) is 17.3 Å². The van der Waals surface area contributed by atoms with Crippen LogP contribution in [0.15, 0.2) is 47.1 Å². The van der Waals surface area contributed by atoms with Gasteiger partial charge in [-0.3, -0.25) is 9.59 Å². The zero-order chi connectivity index (χ0) is 19.1. The van der Waals surface area contributed by atoms with Crippen LogP contribution < -0.4 is 10.1 Å². The Morgan fingerprint density at radius 1 is 1.23 bits per heavy atom. The first-order valence-corrected chi connectivity index (χ1v) is 8.36. The highest BCUT2D eigenvalue weighted by Crippen LogP contribution is 2.15. The highest BCUT2D eigenvalue weighted by Gasteiger charge is 2.28. The topological polar surface area (TPSA) is 71.8 Å². The maximum atomic E-state index is 13.5. The fourth-order valence-corrected chi connectivity index (χ4v) is 2.34. The number of halogens is 1. The van der Waals surface area contributed by atoms with E-state index < -0.39 is 17.8 Å². The summed E-state index contributed by atoms with van der Waals surface area (Å²) in [7, 11) is 1.61. The fourth-order valence-electron chi connectivity index (χ4n) is 2.34. The van der Waals surface area contributed by atoms with Gasteiger partial charge >= 0.3 is 0 Å². The number of likely N-dealkylation sites (N-methyl/N-ethyl adjacent to an activating group) is 1. The monoisotopic (exact) mass is 362 g/mol. The molecule has 0 unspecified atom stereocenters. The molecule has 26 heavy (non-hydrogen) atoms. The summed E-state index contributed by atoms with van der Waals surface area (Å²) in [5, 5.41) is 2.69. The van der Waals surface area contributed by atoms with E-state index in [1.165, 1.54) is 29.4 Å². The second-order valence-electron chi connectivity index (χ2n) is 6.21. The van der Waals surface area contributed by atoms with E-state index in [-0.39, 0.29) is 36.5 Å². The van der Waals surface area contributed by atoms with Crippen LogP contribution in [-0.4, -0.2) is 43.0 Å². The first-order chi connectivity index (χ1) is 12.4. The quantitative estimate of drug-likeness (QED) is 0.784. The number of hydrogen-bond acceptors (Lipinski definition) is 4. The molecular weight excluding hydrogens is 339 g/mol. The highest BCUT2D eigenvalue weighted by atomic mass is 19.1. The molecule has 2 amide bonds. The van der Waals surface area contributed by atoms with Crippen LogP contribution in [-0.2, 0) is 4.79 Å². The molecule has 0 bridgehead atoms. The van der Waals surface area contributed by atoms with Crippen molar-refractivity contribution in [2.24, 2.45) is 5.92 Å². The van der Waals surface area contributed by atoms with Crippen LogP contribution in [0.25, 0.3) is 0 Å². The number of rotatable bonds is 8. The van der Waals surface area contributed by atoms with E-state index >= 15 is 0 Å². The molecule has 0 aliphatic heterocycles. The van der Waals surface area contributed by atoms with Crippen LogP contribution in [0.2, 0.25) is 0 Å². The van der Waals surface area contributed by atoms with E-state index in [2.05, 4.69) is 5.32 Å². The normalized spacial score (nSPS) is 11.9. The van der Waals surface area contributed by atoms with E-state index in [4.69, 9.17) is 9.15 Å². The van der Waals surface area contributed by atoms with Gasteiger partial charge in [0.1, 0.15) is 12.6 Å². The van der Waals surface area contributed by atoms with Gasteiger partial charge < -0.3 is 19.4 Å². The van der Waals surface area contributed by atoms with Gasteiger partial charge in [-0.25, -0.2) is 4.39 Å². The van der Waals surface area contributed by atoms with Crippen LogP contribution in [0.1, 0.15) is 24.4 Å². The number of nitrogens with one attached hydrogen (secondary N) is 1. The number of hydrogen-bond donors (Lipinski definition) is 1. The molecule has 1 atom stereocenters. The smallest absolute Gasteiger partial charge is 0.287 e. The third-order valence-corrected chi connectivity index (χ3v) is 3.86. The number of carbonyl (C=O) groups is 2. The van der Waals surface area contributed by atoms with Crippen LogP contribution in [0, 0.1) is 11.7 Å². The first-order valence-electron chi connectivity index (χ1n) is 8.36. The maximum absolute atomic E-state index is 13.5. The maximum Gasteiger partial charge on any atom is 0.287 e. The van der Waals surface area contributed by atoms with Crippen LogP contribution >= 0.6 is 0 Å². The number of ether oxygens (including phenoxy) is 1. The van der Waals surface area contributed by atoms with Crippen LogP contribution in [0.4, 0.5) is 4.39 Å². The zero-order valence-electron chi connectivity index (χ0n) is 15.1. The average Bonchev–Trinajstić information content (AvgIpc) is 3.15. The van der Waals surface area contributed by atoms with Gasteiger partial charge in [-0.1, -0.05) is 26.0 Å². The summed E-state index contributed by atoms with van der Waals surface area (Å²) in [6, 6.07) is 8.52. The molecule has 0 saturated carbocycles. The van der Waals surface area contributed by atoms with Gasteiger partial charge in [0, 0.05) is 7.05 Å². The Balaban J connectivity index is 1.90. The molecule has 7 heteroatoms. The Kier molecular flexibility index (Phi) is 6.77. The summed E-state index contributed by atoms with van der Waals surface area (Å²) >= 11 is 0. The lowest BCUT2D eigenvalue weighted by atomic mass is 10.0. The number of para-hydroxylation sites is 1. The second-order valence-corrected chi connectivity index (χ2v) is 6.21. The van der Waals surface area contributed by atoms with Crippen molar-refractivity contribution in [1.29, 1.82) is 0 Å². The van der Waals surface area contributed by atoms with Gasteiger partial charge in [-0.15, -0.1) is 0 Å². The minimum atomic E-state index is -0.703. The molecule has 0 aliphatic rings. The molecule has 0 radical (unpaired) electrons. The van der Waals surface area contributed by atoms with Crippen LogP contribution in [0.5, 0.6) is 5.75 Å². The summed E-state index contributed by atoms with van der Waals surface area (Å²) in [4.78, 5) is 26.2. The van der Waals surface area contributed by atoms with E-state index in [0.29, 0.717) is 0 Å². The average molecular weight is 362 g/mol. The van der Waals surface area contributed by atoms with Crippen LogP contribution in [0.3, 0.4) is 0 Å². The minimum Gasteiger partial charge on any atom is -0.489 e. The Morgan fingerprint density at radius 2 is 1.96 bits per heavy atom. The van der Waals surface area contributed by atoms with Gasteiger partial charge in [0.25, 0.3) is 5.91 Å². The number of carbonyl (C=O) groups excluding carboxylic acids is 2. The lowest BCUT2D eigenvalue weighted by molar-refractivity contribution is -0.133. The van der Waals surface area contributed by atoms with Crippen molar-refractivity contribution in [3.05, 3.63) is 54.2 Å². The molecule has 1 aromatic carbocycles. The standard InChI is InChI=1S/C19H23FN2O4/c1-13(2)17(21-18(23)16-9-6-11-25-16)19(24)22(3)10-12-26-15-8-5-4-7-14(15)20/h4-9,11,13,17H,10,12H2,1-3H3,(H,21,23)/t17-/m0/s1. The molecule has 0 spiro atoms. The fraction of sp³-hybridized carbons (Fsp3) is 0.368. The molecule has 1 aromatic heterocycles. The molecule has 2 rings (SSSR count). The van der Waals surface area contributed by atoms with Crippen molar-refractivity contribution in [3.8, 4) is 5.75 Å². The zero-order valence-corrected chi connectivity index (χ0v) is 15.1. The molecule has 140 valence electrons. The predicted molar refractivity (Wildman–Crippen MR) is 94.3 cm³/mol. The Morgan fingerprint density at radius 3 is 2.58 bits per heavy atom. The summed E-state index contributed by atoms with van der Waals surface area (Å²) in [5.74, 6) is -0.979. The van der Waals surface area contributed by atoms with E-state index in [1.807, 2.05) is 13.8 Å². The summed E-state index contributed by atoms with van der Waals surface area (Å²) < 4.78 is 23.9. The number of amides is 2. The van der Waals surface area contributed by atoms with Crippen molar-refractivity contribution in [3.63, 3.8) is 0 Å². The molecule has 6 nitrogen and oxygen atoms in total. The number of furan rings is 1. The van der Waals surface area contributed by atoms with Gasteiger partial charge in [-0.2, -0.15) is 0 Å². The minimum absolute atomic E-state index is 0.114. The highest BCUT2D eigenvalue weighted by molar-refractivity contribution is 5.95. The van der Waals surface area contributed by atoms with Gasteiger partial charge in [0.2, 0.25) is 5.91 Å². The third kappa shape index (κ3) is 5.08. The molecular formula is C19H23FN2O4. The number of benzene rings is 1.